The molecule has 3 rings (SSSR count). The predicted octanol–water partition coefficient (Wildman–Crippen LogP) is 3.21. The molecule has 24 heavy (non-hydrogen) atoms. The molecule has 1 fully saturated rings. The topological polar surface area (TPSA) is 52.2 Å². The molecule has 0 bridgehead atoms. The van der Waals surface area contributed by atoms with Crippen LogP contribution in [-0.4, -0.2) is 40.6 Å². The summed E-state index contributed by atoms with van der Waals surface area (Å²) in [5, 5.41) is 8.08. The number of aromatic nitrogens is 2. The maximum Gasteiger partial charge on any atom is 0.241 e. The normalized spacial score (nSPS) is 16.7. The van der Waals surface area contributed by atoms with Crippen molar-refractivity contribution in [2.45, 2.75) is 32.7 Å². The lowest BCUT2D eigenvalue weighted by molar-refractivity contribution is -0.121. The fourth-order valence-electron chi connectivity index (χ4n) is 2.85. The zero-order chi connectivity index (χ0) is 17.3. The molecule has 1 aliphatic heterocycles. The van der Waals surface area contributed by atoms with Gasteiger partial charge in [-0.3, -0.25) is 14.8 Å². The molecule has 0 aliphatic carbocycles. The number of nitrogens with one attached hydrogen (secondary N) is 1. The fourth-order valence-corrected chi connectivity index (χ4v) is 3.09. The first-order valence-electron chi connectivity index (χ1n) is 8.16. The van der Waals surface area contributed by atoms with Gasteiger partial charge < -0.3 is 4.90 Å². The average Bonchev–Trinajstić information content (AvgIpc) is 2.97. The van der Waals surface area contributed by atoms with E-state index in [9.17, 15) is 4.79 Å². The largest absolute Gasteiger partial charge is 0.309 e. The Bertz CT molecular complexity index is 735. The number of rotatable bonds is 3. The Labute approximate surface area is 147 Å². The Morgan fingerprint density at radius 3 is 2.62 bits per heavy atom. The second-order valence-electron chi connectivity index (χ2n) is 7.24. The summed E-state index contributed by atoms with van der Waals surface area (Å²) in [6.45, 7) is 8.94. The predicted molar refractivity (Wildman–Crippen MR) is 96.4 cm³/mol. The molecule has 0 radical (unpaired) electrons. The molecule has 5 nitrogen and oxygen atoms in total. The first kappa shape index (κ1) is 17.0. The van der Waals surface area contributed by atoms with Crippen LogP contribution in [0.2, 0.25) is 5.02 Å². The highest BCUT2D eigenvalue weighted by molar-refractivity contribution is 6.33. The SMILES string of the molecule is CC(C)(C)c1cc(CN2CCN(c3ccccc3Cl)C(=O)C2)[nH]n1. The molecular formula is C18H23ClN4O. The van der Waals surface area contributed by atoms with Crippen molar-refractivity contribution in [2.24, 2.45) is 0 Å². The fraction of sp³-hybridized carbons (Fsp3) is 0.444. The van der Waals surface area contributed by atoms with Crippen molar-refractivity contribution in [3.8, 4) is 0 Å². The van der Waals surface area contributed by atoms with Crippen LogP contribution in [0.5, 0.6) is 0 Å². The highest BCUT2D eigenvalue weighted by Gasteiger charge is 2.27. The Kier molecular flexibility index (Phi) is 4.65. The molecule has 1 aliphatic rings. The number of benzene rings is 1. The van der Waals surface area contributed by atoms with Gasteiger partial charge in [0.25, 0.3) is 0 Å². The van der Waals surface area contributed by atoms with E-state index in [0.717, 1.165) is 23.6 Å². The first-order chi connectivity index (χ1) is 11.3. The summed E-state index contributed by atoms with van der Waals surface area (Å²) in [5.74, 6) is 0.0740. The van der Waals surface area contributed by atoms with Crippen molar-refractivity contribution in [3.05, 3.63) is 46.7 Å². The third-order valence-corrected chi connectivity index (χ3v) is 4.56. The van der Waals surface area contributed by atoms with Crippen molar-refractivity contribution in [3.63, 3.8) is 0 Å². The quantitative estimate of drug-likeness (QED) is 0.928. The number of piperazine rings is 1. The molecule has 1 saturated heterocycles. The van der Waals surface area contributed by atoms with Gasteiger partial charge in [-0.1, -0.05) is 44.5 Å². The summed E-state index contributed by atoms with van der Waals surface area (Å²) < 4.78 is 0. The van der Waals surface area contributed by atoms with Crippen LogP contribution < -0.4 is 4.90 Å². The van der Waals surface area contributed by atoms with Crippen molar-refractivity contribution in [1.82, 2.24) is 15.1 Å². The van der Waals surface area contributed by atoms with E-state index in [4.69, 9.17) is 11.6 Å². The van der Waals surface area contributed by atoms with Crippen LogP contribution in [0.3, 0.4) is 0 Å². The maximum atomic E-state index is 12.5. The summed E-state index contributed by atoms with van der Waals surface area (Å²) >= 11 is 6.21. The van der Waals surface area contributed by atoms with E-state index in [1.807, 2.05) is 24.3 Å². The molecule has 0 unspecified atom stereocenters. The van der Waals surface area contributed by atoms with Gasteiger partial charge in [-0.25, -0.2) is 0 Å². The monoisotopic (exact) mass is 346 g/mol. The van der Waals surface area contributed by atoms with E-state index in [0.29, 0.717) is 24.7 Å². The molecule has 0 atom stereocenters. The van der Waals surface area contributed by atoms with Gasteiger partial charge in [0.2, 0.25) is 5.91 Å². The van der Waals surface area contributed by atoms with Crippen LogP contribution in [0.25, 0.3) is 0 Å². The second kappa shape index (κ2) is 6.57. The van der Waals surface area contributed by atoms with E-state index >= 15 is 0 Å². The van der Waals surface area contributed by atoms with Crippen molar-refractivity contribution in [1.29, 1.82) is 0 Å². The number of hydrogen-bond donors (Lipinski definition) is 1. The first-order valence-corrected chi connectivity index (χ1v) is 8.54. The number of carbonyl (C=O) groups excluding carboxylic acids is 1. The molecule has 1 amide bonds. The molecule has 2 heterocycles. The molecular weight excluding hydrogens is 324 g/mol. The number of amides is 1. The van der Waals surface area contributed by atoms with Crippen LogP contribution in [0.1, 0.15) is 32.2 Å². The minimum Gasteiger partial charge on any atom is -0.309 e. The standard InChI is InChI=1S/C18H23ClN4O/c1-18(2,3)16-10-13(20-21-16)11-22-8-9-23(17(24)12-22)15-7-5-4-6-14(15)19/h4-7,10H,8-9,11-12H2,1-3H3,(H,20,21). The maximum absolute atomic E-state index is 12.5. The summed E-state index contributed by atoms with van der Waals surface area (Å²) in [6, 6.07) is 9.57. The van der Waals surface area contributed by atoms with Gasteiger partial charge in [0, 0.05) is 30.7 Å². The minimum atomic E-state index is 0.0212. The van der Waals surface area contributed by atoms with Crippen molar-refractivity contribution in [2.75, 3.05) is 24.5 Å². The molecule has 1 N–H and O–H groups in total. The van der Waals surface area contributed by atoms with Gasteiger partial charge >= 0.3 is 0 Å². The molecule has 1 aromatic carbocycles. The number of para-hydroxylation sites is 1. The van der Waals surface area contributed by atoms with E-state index < -0.39 is 0 Å². The van der Waals surface area contributed by atoms with E-state index in [1.54, 1.807) is 4.90 Å². The number of H-pyrrole nitrogens is 1. The van der Waals surface area contributed by atoms with Crippen LogP contribution in [0.4, 0.5) is 5.69 Å². The third-order valence-electron chi connectivity index (χ3n) is 4.24. The Balaban J connectivity index is 1.65. The summed E-state index contributed by atoms with van der Waals surface area (Å²) in [5.41, 5.74) is 2.89. The number of hydrogen-bond acceptors (Lipinski definition) is 3. The van der Waals surface area contributed by atoms with E-state index in [2.05, 4.69) is 41.9 Å². The average molecular weight is 347 g/mol. The van der Waals surface area contributed by atoms with Gasteiger partial charge in [-0.2, -0.15) is 5.10 Å². The van der Waals surface area contributed by atoms with Gasteiger partial charge in [-0.05, 0) is 18.2 Å². The van der Waals surface area contributed by atoms with Crippen molar-refractivity contribution >= 4 is 23.2 Å². The Hall–Kier alpha value is -1.85. The van der Waals surface area contributed by atoms with Crippen LogP contribution in [-0.2, 0) is 16.8 Å². The molecule has 6 heteroatoms. The van der Waals surface area contributed by atoms with Gasteiger partial charge in [0.15, 0.2) is 0 Å². The number of nitrogens with zero attached hydrogens (tertiary/aromatic N) is 3. The lowest BCUT2D eigenvalue weighted by atomic mass is 9.92. The van der Waals surface area contributed by atoms with E-state index in [1.165, 1.54) is 0 Å². The van der Waals surface area contributed by atoms with Gasteiger partial charge in [-0.15, -0.1) is 0 Å². The van der Waals surface area contributed by atoms with E-state index in [-0.39, 0.29) is 11.3 Å². The summed E-state index contributed by atoms with van der Waals surface area (Å²) in [4.78, 5) is 16.4. The number of aromatic amines is 1. The van der Waals surface area contributed by atoms with Gasteiger partial charge in [0.1, 0.15) is 0 Å². The number of halogens is 1. The zero-order valence-electron chi connectivity index (χ0n) is 14.3. The highest BCUT2D eigenvalue weighted by atomic mass is 35.5. The Morgan fingerprint density at radius 2 is 2.00 bits per heavy atom. The molecule has 0 saturated carbocycles. The number of carbonyl (C=O) groups is 1. The third kappa shape index (κ3) is 3.62. The number of anilines is 1. The smallest absolute Gasteiger partial charge is 0.241 e. The Morgan fingerprint density at radius 1 is 1.25 bits per heavy atom. The van der Waals surface area contributed by atoms with Gasteiger partial charge in [0.05, 0.1) is 22.9 Å². The lowest BCUT2D eigenvalue weighted by Crippen LogP contribution is -2.50. The summed E-state index contributed by atoms with van der Waals surface area (Å²) in [7, 11) is 0. The summed E-state index contributed by atoms with van der Waals surface area (Å²) in [6.07, 6.45) is 0. The van der Waals surface area contributed by atoms with Crippen LogP contribution >= 0.6 is 11.6 Å². The molecule has 2 aromatic rings. The second-order valence-corrected chi connectivity index (χ2v) is 7.64. The molecule has 1 aromatic heterocycles. The zero-order valence-corrected chi connectivity index (χ0v) is 15.1. The van der Waals surface area contributed by atoms with Crippen LogP contribution in [0, 0.1) is 0 Å². The molecule has 0 spiro atoms. The minimum absolute atomic E-state index is 0.0212. The highest BCUT2D eigenvalue weighted by Crippen LogP contribution is 2.27. The molecule has 128 valence electrons. The van der Waals surface area contributed by atoms with Crippen molar-refractivity contribution < 1.29 is 4.79 Å². The van der Waals surface area contributed by atoms with Crippen LogP contribution in [0.15, 0.2) is 30.3 Å². The lowest BCUT2D eigenvalue weighted by Gasteiger charge is -2.34.